The number of anilines is 1. The molecule has 18 heavy (non-hydrogen) atoms. The summed E-state index contributed by atoms with van der Waals surface area (Å²) in [6, 6.07) is 4.35. The molecule has 4 nitrogen and oxygen atoms in total. The number of aromatic nitrogens is 1. The molecule has 0 aliphatic carbocycles. The lowest BCUT2D eigenvalue weighted by Gasteiger charge is -2.33. The number of rotatable bonds is 3. The number of hydrogen-bond donors (Lipinski definition) is 0. The average molecular weight is 247 g/mol. The van der Waals surface area contributed by atoms with Gasteiger partial charge in [-0.15, -0.1) is 0 Å². The maximum atomic E-state index is 11.1. The van der Waals surface area contributed by atoms with Crippen LogP contribution in [0.5, 0.6) is 0 Å². The predicted molar refractivity (Wildman–Crippen MR) is 72.7 cm³/mol. The van der Waals surface area contributed by atoms with E-state index in [1.807, 2.05) is 36.9 Å². The third kappa shape index (κ3) is 2.47. The molecule has 0 aromatic carbocycles. The lowest BCUT2D eigenvalue weighted by molar-refractivity contribution is -0.121. The van der Waals surface area contributed by atoms with Crippen molar-refractivity contribution in [2.24, 2.45) is 0 Å². The Morgan fingerprint density at radius 2 is 2.17 bits per heavy atom. The Morgan fingerprint density at radius 1 is 1.39 bits per heavy atom. The maximum absolute atomic E-state index is 11.1. The van der Waals surface area contributed by atoms with Crippen LogP contribution in [0.3, 0.4) is 0 Å². The van der Waals surface area contributed by atoms with Gasteiger partial charge in [-0.2, -0.15) is 0 Å². The molecular weight excluding hydrogens is 226 g/mol. The van der Waals surface area contributed by atoms with E-state index in [0.717, 1.165) is 37.3 Å². The number of amides is 1. The quantitative estimate of drug-likeness (QED) is 0.768. The summed E-state index contributed by atoms with van der Waals surface area (Å²) in [6.45, 7) is 2.89. The Hall–Kier alpha value is -1.58. The minimum Gasteiger partial charge on any atom is -0.363 e. The molecule has 0 saturated carbocycles. The van der Waals surface area contributed by atoms with Crippen LogP contribution in [0.2, 0.25) is 0 Å². The third-order valence-electron chi connectivity index (χ3n) is 3.61. The topological polar surface area (TPSA) is 36.4 Å². The second-order valence-electron chi connectivity index (χ2n) is 5.09. The van der Waals surface area contributed by atoms with Crippen LogP contribution in [-0.2, 0) is 4.79 Å². The number of carbonyl (C=O) groups is 1. The summed E-state index contributed by atoms with van der Waals surface area (Å²) in [5.74, 6) is 0.963. The van der Waals surface area contributed by atoms with E-state index in [0.29, 0.717) is 0 Å². The fraction of sp³-hybridized carbons (Fsp3) is 0.571. The number of piperidine rings is 1. The molecule has 1 saturated heterocycles. The molecule has 1 amide bonds. The van der Waals surface area contributed by atoms with E-state index in [-0.39, 0.29) is 6.04 Å². The Morgan fingerprint density at radius 3 is 2.78 bits per heavy atom. The first-order valence-corrected chi connectivity index (χ1v) is 6.49. The Kier molecular flexibility index (Phi) is 3.84. The molecule has 2 heterocycles. The standard InChI is InChI=1S/C14H21N3O/c1-11-12(7-8-14(15-11)16(2)3)13-6-4-5-9-17(13)10-18/h7-8,10,13H,4-6,9H2,1-3H3. The van der Waals surface area contributed by atoms with Gasteiger partial charge in [0.15, 0.2) is 0 Å². The third-order valence-corrected chi connectivity index (χ3v) is 3.61. The molecule has 1 aliphatic rings. The van der Waals surface area contributed by atoms with Crippen LogP contribution in [-0.4, -0.2) is 36.9 Å². The van der Waals surface area contributed by atoms with Crippen molar-refractivity contribution in [1.29, 1.82) is 0 Å². The monoisotopic (exact) mass is 247 g/mol. The van der Waals surface area contributed by atoms with Gasteiger partial charge in [0.05, 0.1) is 6.04 Å². The minimum absolute atomic E-state index is 0.208. The Bertz CT molecular complexity index is 431. The van der Waals surface area contributed by atoms with Gasteiger partial charge in [0, 0.05) is 26.3 Å². The molecule has 1 unspecified atom stereocenters. The van der Waals surface area contributed by atoms with Gasteiger partial charge in [-0.1, -0.05) is 6.07 Å². The largest absolute Gasteiger partial charge is 0.363 e. The van der Waals surface area contributed by atoms with Gasteiger partial charge in [0.1, 0.15) is 5.82 Å². The number of hydrogen-bond acceptors (Lipinski definition) is 3. The molecule has 1 aromatic rings. The fourth-order valence-corrected chi connectivity index (χ4v) is 2.57. The normalized spacial score (nSPS) is 19.7. The zero-order chi connectivity index (χ0) is 13.1. The molecule has 0 radical (unpaired) electrons. The Balaban J connectivity index is 2.29. The number of aryl methyl sites for hydroxylation is 1. The molecule has 98 valence electrons. The van der Waals surface area contributed by atoms with Crippen molar-refractivity contribution in [1.82, 2.24) is 9.88 Å². The molecule has 0 N–H and O–H groups in total. The van der Waals surface area contributed by atoms with Crippen LogP contribution in [0.15, 0.2) is 12.1 Å². The smallest absolute Gasteiger partial charge is 0.210 e. The van der Waals surface area contributed by atoms with Gasteiger partial charge in [0.25, 0.3) is 0 Å². The molecule has 4 heteroatoms. The summed E-state index contributed by atoms with van der Waals surface area (Å²) >= 11 is 0. The van der Waals surface area contributed by atoms with Gasteiger partial charge in [-0.3, -0.25) is 4.79 Å². The summed E-state index contributed by atoms with van der Waals surface area (Å²) in [5.41, 5.74) is 2.22. The van der Waals surface area contributed by atoms with Gasteiger partial charge >= 0.3 is 0 Å². The van der Waals surface area contributed by atoms with Crippen LogP contribution in [0.1, 0.15) is 36.6 Å². The number of likely N-dealkylation sites (tertiary alicyclic amines) is 1. The summed E-state index contributed by atoms with van der Waals surface area (Å²) < 4.78 is 0. The first-order chi connectivity index (χ1) is 8.63. The van der Waals surface area contributed by atoms with Crippen molar-refractivity contribution in [3.05, 3.63) is 23.4 Å². The molecule has 0 bridgehead atoms. The van der Waals surface area contributed by atoms with Crippen molar-refractivity contribution in [3.8, 4) is 0 Å². The van der Waals surface area contributed by atoms with E-state index >= 15 is 0 Å². The van der Waals surface area contributed by atoms with Crippen molar-refractivity contribution in [2.75, 3.05) is 25.5 Å². The zero-order valence-electron chi connectivity index (χ0n) is 11.4. The van der Waals surface area contributed by atoms with Crippen LogP contribution in [0, 0.1) is 6.92 Å². The lowest BCUT2D eigenvalue weighted by atomic mass is 9.95. The lowest BCUT2D eigenvalue weighted by Crippen LogP contribution is -2.32. The predicted octanol–water partition coefficient (Wildman–Crippen LogP) is 2.14. The molecule has 2 rings (SSSR count). The summed E-state index contributed by atoms with van der Waals surface area (Å²) in [6.07, 6.45) is 4.31. The van der Waals surface area contributed by atoms with E-state index in [2.05, 4.69) is 11.1 Å². The number of carbonyl (C=O) groups excluding carboxylic acids is 1. The zero-order valence-corrected chi connectivity index (χ0v) is 11.4. The van der Waals surface area contributed by atoms with E-state index < -0.39 is 0 Å². The van der Waals surface area contributed by atoms with Crippen LogP contribution in [0.4, 0.5) is 5.82 Å². The van der Waals surface area contributed by atoms with E-state index in [1.54, 1.807) is 0 Å². The van der Waals surface area contributed by atoms with Gasteiger partial charge in [-0.05, 0) is 37.8 Å². The highest BCUT2D eigenvalue weighted by Gasteiger charge is 2.24. The van der Waals surface area contributed by atoms with E-state index in [4.69, 9.17) is 0 Å². The van der Waals surface area contributed by atoms with E-state index in [1.165, 1.54) is 12.0 Å². The fourth-order valence-electron chi connectivity index (χ4n) is 2.57. The molecule has 1 atom stereocenters. The molecular formula is C14H21N3O. The summed E-state index contributed by atoms with van der Waals surface area (Å²) in [4.78, 5) is 19.6. The van der Waals surface area contributed by atoms with E-state index in [9.17, 15) is 4.79 Å². The van der Waals surface area contributed by atoms with Crippen molar-refractivity contribution >= 4 is 12.2 Å². The summed E-state index contributed by atoms with van der Waals surface area (Å²) in [5, 5.41) is 0. The first-order valence-electron chi connectivity index (χ1n) is 6.49. The minimum atomic E-state index is 0.208. The highest BCUT2D eigenvalue weighted by Crippen LogP contribution is 2.31. The Labute approximate surface area is 109 Å². The molecule has 1 aliphatic heterocycles. The van der Waals surface area contributed by atoms with Crippen LogP contribution >= 0.6 is 0 Å². The van der Waals surface area contributed by atoms with Gasteiger partial charge in [0.2, 0.25) is 6.41 Å². The van der Waals surface area contributed by atoms with Crippen molar-refractivity contribution in [2.45, 2.75) is 32.2 Å². The van der Waals surface area contributed by atoms with Gasteiger partial charge < -0.3 is 9.80 Å². The maximum Gasteiger partial charge on any atom is 0.210 e. The average Bonchev–Trinajstić information content (AvgIpc) is 2.38. The second-order valence-corrected chi connectivity index (χ2v) is 5.09. The first kappa shape index (κ1) is 12.9. The molecule has 1 aromatic heterocycles. The summed E-state index contributed by atoms with van der Waals surface area (Å²) in [7, 11) is 3.97. The molecule has 0 spiro atoms. The number of nitrogens with zero attached hydrogens (tertiary/aromatic N) is 3. The van der Waals surface area contributed by atoms with Crippen LogP contribution in [0.25, 0.3) is 0 Å². The second kappa shape index (κ2) is 5.38. The highest BCUT2D eigenvalue weighted by atomic mass is 16.1. The van der Waals surface area contributed by atoms with Crippen molar-refractivity contribution in [3.63, 3.8) is 0 Å². The number of pyridine rings is 1. The van der Waals surface area contributed by atoms with Crippen molar-refractivity contribution < 1.29 is 4.79 Å². The van der Waals surface area contributed by atoms with Crippen LogP contribution < -0.4 is 4.90 Å². The van der Waals surface area contributed by atoms with Gasteiger partial charge in [-0.25, -0.2) is 4.98 Å². The molecule has 1 fully saturated rings. The highest BCUT2D eigenvalue weighted by molar-refractivity contribution is 5.50. The SMILES string of the molecule is Cc1nc(N(C)C)ccc1C1CCCCN1C=O.